The molecule has 1 aliphatic rings. The van der Waals surface area contributed by atoms with E-state index in [-0.39, 0.29) is 0 Å². The Morgan fingerprint density at radius 1 is 1.14 bits per heavy atom. The van der Waals surface area contributed by atoms with E-state index in [4.69, 9.17) is 4.74 Å². The van der Waals surface area contributed by atoms with Gasteiger partial charge in [0, 0.05) is 6.04 Å². The number of hydrogen-bond acceptors (Lipinski definition) is 2. The molecule has 0 radical (unpaired) electrons. The van der Waals surface area contributed by atoms with Crippen molar-refractivity contribution in [3.05, 3.63) is 28.8 Å². The summed E-state index contributed by atoms with van der Waals surface area (Å²) in [5.41, 5.74) is 4.49. The van der Waals surface area contributed by atoms with Crippen LogP contribution in [0.15, 0.2) is 12.1 Å². The van der Waals surface area contributed by atoms with Crippen LogP contribution in [0.1, 0.15) is 68.7 Å². The zero-order valence-corrected chi connectivity index (χ0v) is 14.4. The predicted octanol–water partition coefficient (Wildman–Crippen LogP) is 4.93. The summed E-state index contributed by atoms with van der Waals surface area (Å²) in [4.78, 5) is 0. The van der Waals surface area contributed by atoms with Crippen molar-refractivity contribution in [1.29, 1.82) is 0 Å². The van der Waals surface area contributed by atoms with Crippen LogP contribution in [-0.2, 0) is 0 Å². The molecule has 1 fully saturated rings. The first-order valence-electron chi connectivity index (χ1n) is 8.46. The number of ether oxygens (including phenoxy) is 1. The van der Waals surface area contributed by atoms with E-state index in [1.54, 1.807) is 7.11 Å². The van der Waals surface area contributed by atoms with E-state index in [1.807, 2.05) is 0 Å². The Labute approximate surface area is 130 Å². The van der Waals surface area contributed by atoms with Gasteiger partial charge in [-0.15, -0.1) is 0 Å². The standard InChI is InChI=1S/C19H31NO/c1-6-19(10-8-9-11-19)18(20-7-2)16-12-15(4)17(21-5)13-14(16)3/h12-13,18,20H,6-11H2,1-5H3. The van der Waals surface area contributed by atoms with E-state index in [1.165, 1.54) is 48.8 Å². The van der Waals surface area contributed by atoms with Crippen LogP contribution < -0.4 is 10.1 Å². The molecule has 1 atom stereocenters. The van der Waals surface area contributed by atoms with Crippen LogP contribution in [0, 0.1) is 19.3 Å². The molecule has 0 bridgehead atoms. The van der Waals surface area contributed by atoms with Gasteiger partial charge < -0.3 is 10.1 Å². The van der Waals surface area contributed by atoms with E-state index in [2.05, 4.69) is 45.1 Å². The van der Waals surface area contributed by atoms with E-state index < -0.39 is 0 Å². The highest BCUT2D eigenvalue weighted by Crippen LogP contribution is 2.51. The molecule has 0 spiro atoms. The highest BCUT2D eigenvalue weighted by Gasteiger charge is 2.40. The fraction of sp³-hybridized carbons (Fsp3) is 0.684. The largest absolute Gasteiger partial charge is 0.496 e. The summed E-state index contributed by atoms with van der Waals surface area (Å²) >= 11 is 0. The summed E-state index contributed by atoms with van der Waals surface area (Å²) in [6.07, 6.45) is 6.72. The third kappa shape index (κ3) is 3.11. The number of nitrogens with one attached hydrogen (secondary N) is 1. The van der Waals surface area contributed by atoms with Gasteiger partial charge in [0.1, 0.15) is 5.75 Å². The Balaban J connectivity index is 2.45. The second-order valence-electron chi connectivity index (χ2n) is 6.59. The lowest BCUT2D eigenvalue weighted by Gasteiger charge is -2.39. The smallest absolute Gasteiger partial charge is 0.122 e. The maximum absolute atomic E-state index is 5.48. The van der Waals surface area contributed by atoms with Crippen LogP contribution >= 0.6 is 0 Å². The molecule has 2 rings (SSSR count). The second kappa shape index (κ2) is 6.83. The maximum atomic E-state index is 5.48. The van der Waals surface area contributed by atoms with Gasteiger partial charge in [0.15, 0.2) is 0 Å². The summed E-state index contributed by atoms with van der Waals surface area (Å²) in [6.45, 7) is 9.98. The average Bonchev–Trinajstić information content (AvgIpc) is 2.97. The first kappa shape index (κ1) is 16.4. The molecule has 0 aliphatic heterocycles. The van der Waals surface area contributed by atoms with Crippen LogP contribution in [0.2, 0.25) is 0 Å². The normalized spacial score (nSPS) is 18.7. The van der Waals surface area contributed by atoms with Crippen molar-refractivity contribution in [2.75, 3.05) is 13.7 Å². The molecule has 1 aliphatic carbocycles. The Hall–Kier alpha value is -1.02. The van der Waals surface area contributed by atoms with Crippen molar-refractivity contribution in [1.82, 2.24) is 5.32 Å². The molecule has 1 aromatic carbocycles. The lowest BCUT2D eigenvalue weighted by molar-refractivity contribution is 0.188. The first-order chi connectivity index (χ1) is 10.1. The third-order valence-corrected chi connectivity index (χ3v) is 5.42. The summed E-state index contributed by atoms with van der Waals surface area (Å²) in [5.74, 6) is 1.00. The molecule has 0 amide bonds. The van der Waals surface area contributed by atoms with Crippen molar-refractivity contribution in [2.45, 2.75) is 65.8 Å². The zero-order chi connectivity index (χ0) is 15.5. The Kier molecular flexibility index (Phi) is 5.32. The molecule has 1 aromatic rings. The Morgan fingerprint density at radius 2 is 1.81 bits per heavy atom. The summed E-state index contributed by atoms with van der Waals surface area (Å²) in [6, 6.07) is 5.02. The second-order valence-corrected chi connectivity index (χ2v) is 6.59. The monoisotopic (exact) mass is 289 g/mol. The quantitative estimate of drug-likeness (QED) is 0.801. The van der Waals surface area contributed by atoms with Gasteiger partial charge in [-0.05, 0) is 67.8 Å². The minimum atomic E-state index is 0.432. The highest BCUT2D eigenvalue weighted by molar-refractivity contribution is 5.43. The van der Waals surface area contributed by atoms with E-state index in [9.17, 15) is 0 Å². The van der Waals surface area contributed by atoms with Crippen LogP contribution in [0.5, 0.6) is 5.75 Å². The number of methoxy groups -OCH3 is 1. The maximum Gasteiger partial charge on any atom is 0.122 e. The highest BCUT2D eigenvalue weighted by atomic mass is 16.5. The minimum Gasteiger partial charge on any atom is -0.496 e. The van der Waals surface area contributed by atoms with Crippen molar-refractivity contribution >= 4 is 0 Å². The molecular formula is C19H31NO. The van der Waals surface area contributed by atoms with Crippen molar-refractivity contribution in [2.24, 2.45) is 5.41 Å². The van der Waals surface area contributed by atoms with Crippen LogP contribution in [0.3, 0.4) is 0 Å². The molecule has 2 heteroatoms. The predicted molar refractivity (Wildman–Crippen MR) is 90.1 cm³/mol. The summed E-state index contributed by atoms with van der Waals surface area (Å²) in [7, 11) is 1.76. The van der Waals surface area contributed by atoms with Gasteiger partial charge in [-0.2, -0.15) is 0 Å². The van der Waals surface area contributed by atoms with Gasteiger partial charge in [0.05, 0.1) is 7.11 Å². The zero-order valence-electron chi connectivity index (χ0n) is 14.4. The van der Waals surface area contributed by atoms with Gasteiger partial charge in [-0.1, -0.05) is 32.8 Å². The average molecular weight is 289 g/mol. The Morgan fingerprint density at radius 3 is 2.33 bits per heavy atom. The molecule has 1 N–H and O–H groups in total. The molecule has 21 heavy (non-hydrogen) atoms. The lowest BCUT2D eigenvalue weighted by atomic mass is 9.72. The summed E-state index contributed by atoms with van der Waals surface area (Å²) in [5, 5.41) is 3.80. The fourth-order valence-corrected chi connectivity index (χ4v) is 4.13. The van der Waals surface area contributed by atoms with Crippen LogP contribution in [-0.4, -0.2) is 13.7 Å². The van der Waals surface area contributed by atoms with Crippen LogP contribution in [0.4, 0.5) is 0 Å². The van der Waals surface area contributed by atoms with Crippen molar-refractivity contribution in [3.63, 3.8) is 0 Å². The molecule has 0 saturated heterocycles. The van der Waals surface area contributed by atoms with E-state index in [0.29, 0.717) is 11.5 Å². The molecule has 118 valence electrons. The fourth-order valence-electron chi connectivity index (χ4n) is 4.13. The molecule has 0 aromatic heterocycles. The molecule has 1 unspecified atom stereocenters. The van der Waals surface area contributed by atoms with E-state index >= 15 is 0 Å². The molecular weight excluding hydrogens is 258 g/mol. The topological polar surface area (TPSA) is 21.3 Å². The van der Waals surface area contributed by atoms with E-state index in [0.717, 1.165) is 12.3 Å². The number of benzene rings is 1. The molecule has 0 heterocycles. The number of rotatable bonds is 6. The van der Waals surface area contributed by atoms with Crippen molar-refractivity contribution < 1.29 is 4.74 Å². The summed E-state index contributed by atoms with van der Waals surface area (Å²) < 4.78 is 5.48. The van der Waals surface area contributed by atoms with Crippen molar-refractivity contribution in [3.8, 4) is 5.75 Å². The third-order valence-electron chi connectivity index (χ3n) is 5.42. The minimum absolute atomic E-state index is 0.432. The van der Waals surface area contributed by atoms with Gasteiger partial charge in [0.25, 0.3) is 0 Å². The Bertz CT molecular complexity index is 475. The first-order valence-corrected chi connectivity index (χ1v) is 8.46. The van der Waals surface area contributed by atoms with Gasteiger partial charge in [0.2, 0.25) is 0 Å². The van der Waals surface area contributed by atoms with Gasteiger partial charge in [-0.25, -0.2) is 0 Å². The lowest BCUT2D eigenvalue weighted by Crippen LogP contribution is -2.36. The molecule has 2 nitrogen and oxygen atoms in total. The SMILES string of the molecule is CCNC(c1cc(C)c(OC)cc1C)C1(CC)CCCC1. The molecule has 1 saturated carbocycles. The van der Waals surface area contributed by atoms with Gasteiger partial charge >= 0.3 is 0 Å². The van der Waals surface area contributed by atoms with Crippen LogP contribution in [0.25, 0.3) is 0 Å². The number of hydrogen-bond donors (Lipinski definition) is 1. The van der Waals surface area contributed by atoms with Gasteiger partial charge in [-0.3, -0.25) is 0 Å². The number of aryl methyl sites for hydroxylation is 2.